The molecular weight excluding hydrogens is 889 g/mol. The molecule has 9 aromatic carbocycles. The highest BCUT2D eigenvalue weighted by Gasteiger charge is 2.31. The summed E-state index contributed by atoms with van der Waals surface area (Å²) in [7, 11) is 0. The van der Waals surface area contributed by atoms with Gasteiger partial charge in [-0.25, -0.2) is 0 Å². The Kier molecular flexibility index (Phi) is 9.59. The summed E-state index contributed by atoms with van der Waals surface area (Å²) in [5, 5.41) is 1.67. The molecule has 10 heteroatoms. The lowest BCUT2D eigenvalue weighted by Crippen LogP contribution is -2.17. The second-order valence-electron chi connectivity index (χ2n) is 17.6. The molecule has 2 aliphatic heterocycles. The number of hydrogen-bond acceptors (Lipinski definition) is 10. The summed E-state index contributed by atoms with van der Waals surface area (Å²) < 4.78 is 13.5. The van der Waals surface area contributed by atoms with Crippen LogP contribution in [-0.2, 0) is 0 Å². The number of nitrogens with zero attached hydrogens (tertiary/aromatic N) is 8. The van der Waals surface area contributed by atoms with E-state index < -0.39 is 0 Å². The van der Waals surface area contributed by atoms with E-state index in [1.165, 1.54) is 0 Å². The van der Waals surface area contributed by atoms with E-state index >= 15 is 0 Å². The van der Waals surface area contributed by atoms with Crippen LogP contribution >= 0.6 is 0 Å². The lowest BCUT2D eigenvalue weighted by Gasteiger charge is -2.34. The molecule has 0 radical (unpaired) electrons. The molecule has 5 heterocycles. The monoisotopic (exact) mass is 928 g/mol. The van der Waals surface area contributed by atoms with Crippen LogP contribution in [0.4, 0.5) is 68.2 Å². The van der Waals surface area contributed by atoms with E-state index in [1.807, 2.05) is 73.1 Å². The molecule has 0 aliphatic carbocycles. The molecule has 340 valence electrons. The zero-order valence-corrected chi connectivity index (χ0v) is 38.5. The molecule has 0 saturated heterocycles. The maximum absolute atomic E-state index is 6.73. The van der Waals surface area contributed by atoms with Crippen molar-refractivity contribution >= 4 is 101 Å². The van der Waals surface area contributed by atoms with Gasteiger partial charge in [-0.05, 0) is 109 Å². The van der Waals surface area contributed by atoms with Gasteiger partial charge in [-0.15, -0.1) is 0 Å². The van der Waals surface area contributed by atoms with E-state index in [-0.39, 0.29) is 0 Å². The van der Waals surface area contributed by atoms with Gasteiger partial charge < -0.3 is 29.1 Å². The standard InChI is InChI=1S/C62H40N8O2/c1-5-17-41(18-6-1)67(42-19-7-2-8-20-42)45-29-31-53-57(37-45)71-55-27-15-13-25-51(55)69(53)47-35-49-59-60(64-34-33-63-59)50-36-48(40-66-62(50)61(49)65-39-47)70-52-26-14-16-28-56(52)72-58-38-46(30-32-54(58)70)68(43-21-9-3-10-22-43)44-23-11-4-12-24-44/h1-40H. The smallest absolute Gasteiger partial charge is 0.153 e. The molecule has 3 aromatic heterocycles. The lowest BCUT2D eigenvalue weighted by atomic mass is 10.0. The minimum Gasteiger partial charge on any atom is -0.453 e. The number of benzene rings is 9. The molecule has 0 saturated carbocycles. The largest absolute Gasteiger partial charge is 0.453 e. The molecule has 0 bridgehead atoms. The SMILES string of the molecule is c1ccc(N(c2ccccc2)c2ccc3c(c2)Oc2ccccc2N3c2cnc3c(c2)c2nccnc2c2cc(N4c5ccccc5Oc5cc(N(c6ccccc6)c6ccccc6)ccc54)cnc23)cc1. The predicted molar refractivity (Wildman–Crippen MR) is 289 cm³/mol. The predicted octanol–water partition coefficient (Wildman–Crippen LogP) is 16.8. The number of fused-ring (bicyclic) bond motifs is 10. The third-order valence-corrected chi connectivity index (χ3v) is 13.3. The second kappa shape index (κ2) is 16.9. The molecule has 2 aliphatic rings. The molecule has 0 fully saturated rings. The fraction of sp³-hybridized carbons (Fsp3) is 0. The number of aromatic nitrogens is 4. The molecule has 14 rings (SSSR count). The van der Waals surface area contributed by atoms with E-state index in [0.29, 0.717) is 11.5 Å². The first-order valence-corrected chi connectivity index (χ1v) is 23.8. The molecule has 0 unspecified atom stereocenters. The van der Waals surface area contributed by atoms with Gasteiger partial charge in [0.1, 0.15) is 0 Å². The number of anilines is 12. The third-order valence-electron chi connectivity index (χ3n) is 13.3. The normalized spacial score (nSPS) is 12.3. The van der Waals surface area contributed by atoms with Crippen molar-refractivity contribution in [2.45, 2.75) is 0 Å². The van der Waals surface area contributed by atoms with Crippen molar-refractivity contribution in [2.24, 2.45) is 0 Å². The summed E-state index contributed by atoms with van der Waals surface area (Å²) in [6.45, 7) is 0. The summed E-state index contributed by atoms with van der Waals surface area (Å²) in [4.78, 5) is 29.4. The Morgan fingerprint density at radius 3 is 1.01 bits per heavy atom. The third kappa shape index (κ3) is 6.80. The fourth-order valence-electron chi connectivity index (χ4n) is 10.2. The van der Waals surface area contributed by atoms with Crippen LogP contribution in [0.25, 0.3) is 32.8 Å². The zero-order valence-electron chi connectivity index (χ0n) is 38.5. The highest BCUT2D eigenvalue weighted by molar-refractivity contribution is 6.21. The van der Waals surface area contributed by atoms with Crippen LogP contribution in [0.3, 0.4) is 0 Å². The van der Waals surface area contributed by atoms with Gasteiger partial charge in [0.15, 0.2) is 23.0 Å². The van der Waals surface area contributed by atoms with Crippen molar-refractivity contribution in [2.75, 3.05) is 19.6 Å². The molecule has 0 amide bonds. The lowest BCUT2D eigenvalue weighted by molar-refractivity contribution is 0.477. The van der Waals surface area contributed by atoms with Gasteiger partial charge in [0.25, 0.3) is 0 Å². The molecule has 0 atom stereocenters. The van der Waals surface area contributed by atoms with E-state index in [4.69, 9.17) is 29.4 Å². The Labute approximate surface area is 414 Å². The number of ether oxygens (including phenoxy) is 2. The van der Waals surface area contributed by atoms with Crippen molar-refractivity contribution in [3.63, 3.8) is 0 Å². The Balaban J connectivity index is 0.888. The van der Waals surface area contributed by atoms with Crippen LogP contribution in [-0.4, -0.2) is 19.9 Å². The van der Waals surface area contributed by atoms with E-state index in [0.717, 1.165) is 113 Å². The van der Waals surface area contributed by atoms with Gasteiger partial charge in [-0.1, -0.05) is 97.1 Å². The summed E-state index contributed by atoms with van der Waals surface area (Å²) in [5.41, 5.74) is 14.2. The molecular formula is C62H40N8O2. The van der Waals surface area contributed by atoms with E-state index in [1.54, 1.807) is 12.4 Å². The van der Waals surface area contributed by atoms with Crippen LogP contribution in [0, 0.1) is 0 Å². The summed E-state index contributed by atoms with van der Waals surface area (Å²) in [6, 6.07) is 74.7. The van der Waals surface area contributed by atoms with Gasteiger partial charge in [0, 0.05) is 69.4 Å². The maximum atomic E-state index is 6.73. The Bertz CT molecular complexity index is 3670. The average molecular weight is 929 g/mol. The molecule has 12 aromatic rings. The summed E-state index contributed by atoms with van der Waals surface area (Å²) in [6.07, 6.45) is 7.31. The van der Waals surface area contributed by atoms with Gasteiger partial charge in [-0.2, -0.15) is 0 Å². The number of rotatable bonds is 8. The molecule has 10 nitrogen and oxygen atoms in total. The number of hydrogen-bond donors (Lipinski definition) is 0. The first-order valence-electron chi connectivity index (χ1n) is 23.8. The Morgan fingerprint density at radius 1 is 0.292 bits per heavy atom. The first kappa shape index (κ1) is 41.0. The van der Waals surface area contributed by atoms with Gasteiger partial charge >= 0.3 is 0 Å². The van der Waals surface area contributed by atoms with Gasteiger partial charge in [0.2, 0.25) is 0 Å². The van der Waals surface area contributed by atoms with Crippen LogP contribution in [0.15, 0.2) is 243 Å². The van der Waals surface area contributed by atoms with Crippen molar-refractivity contribution in [1.82, 2.24) is 19.9 Å². The summed E-state index contributed by atoms with van der Waals surface area (Å²) >= 11 is 0. The minimum atomic E-state index is 0.715. The van der Waals surface area contributed by atoms with Gasteiger partial charge in [0.05, 0.1) is 68.6 Å². The topological polar surface area (TPSA) is 83.0 Å². The van der Waals surface area contributed by atoms with Crippen LogP contribution in [0.1, 0.15) is 0 Å². The molecule has 0 spiro atoms. The van der Waals surface area contributed by atoms with Crippen molar-refractivity contribution < 1.29 is 9.47 Å². The summed E-state index contributed by atoms with van der Waals surface area (Å²) in [5.74, 6) is 2.90. The van der Waals surface area contributed by atoms with Crippen molar-refractivity contribution in [1.29, 1.82) is 0 Å². The quantitative estimate of drug-likeness (QED) is 0.137. The van der Waals surface area contributed by atoms with E-state index in [9.17, 15) is 0 Å². The highest BCUT2D eigenvalue weighted by atomic mass is 16.5. The Morgan fingerprint density at radius 2 is 0.625 bits per heavy atom. The maximum Gasteiger partial charge on any atom is 0.153 e. The average Bonchev–Trinajstić information content (AvgIpc) is 3.45. The minimum absolute atomic E-state index is 0.715. The van der Waals surface area contributed by atoms with Crippen LogP contribution in [0.2, 0.25) is 0 Å². The molecule has 72 heavy (non-hydrogen) atoms. The van der Waals surface area contributed by atoms with Crippen molar-refractivity contribution in [3.8, 4) is 23.0 Å². The zero-order chi connectivity index (χ0) is 47.5. The van der Waals surface area contributed by atoms with Crippen molar-refractivity contribution in [3.05, 3.63) is 243 Å². The Hall–Kier alpha value is -10.1. The number of pyridine rings is 2. The van der Waals surface area contributed by atoms with Crippen LogP contribution < -0.4 is 29.1 Å². The van der Waals surface area contributed by atoms with Crippen LogP contribution in [0.5, 0.6) is 23.0 Å². The fourth-order valence-corrected chi connectivity index (χ4v) is 10.2. The van der Waals surface area contributed by atoms with Gasteiger partial charge in [-0.3, -0.25) is 19.9 Å². The second-order valence-corrected chi connectivity index (χ2v) is 17.6. The highest BCUT2D eigenvalue weighted by Crippen LogP contribution is 2.55. The van der Waals surface area contributed by atoms with E-state index in [2.05, 4.69) is 177 Å². The first-order chi connectivity index (χ1) is 35.7. The molecule has 0 N–H and O–H groups in total. The number of para-hydroxylation sites is 8.